The van der Waals surface area contributed by atoms with Gasteiger partial charge in [0, 0.05) is 17.1 Å². The van der Waals surface area contributed by atoms with Crippen molar-refractivity contribution in [3.63, 3.8) is 0 Å². The van der Waals surface area contributed by atoms with Gasteiger partial charge in [-0.1, -0.05) is 35.9 Å². The fourth-order valence-corrected chi connectivity index (χ4v) is 3.37. The number of sulfonamides is 1. The Kier molecular flexibility index (Phi) is 5.75. The third-order valence-electron chi connectivity index (χ3n) is 3.23. The van der Waals surface area contributed by atoms with E-state index >= 15 is 0 Å². The second-order valence-corrected chi connectivity index (χ2v) is 7.77. The molecule has 2 aromatic carbocycles. The van der Waals surface area contributed by atoms with Gasteiger partial charge < -0.3 is 4.90 Å². The number of rotatable bonds is 6. The molecule has 2 aromatic rings. The first-order valence-corrected chi connectivity index (χ1v) is 8.95. The maximum absolute atomic E-state index is 13.7. The highest BCUT2D eigenvalue weighted by Gasteiger charge is 2.18. The number of benzene rings is 2. The van der Waals surface area contributed by atoms with E-state index in [9.17, 15) is 12.8 Å². The van der Waals surface area contributed by atoms with Crippen molar-refractivity contribution in [2.75, 3.05) is 14.1 Å². The van der Waals surface area contributed by atoms with Crippen molar-refractivity contribution < 1.29 is 17.7 Å². The lowest BCUT2D eigenvalue weighted by Gasteiger charge is -2.10. The minimum absolute atomic E-state index is 0.0967. The van der Waals surface area contributed by atoms with Gasteiger partial charge in [-0.2, -0.15) is 0 Å². The van der Waals surface area contributed by atoms with Gasteiger partial charge >= 0.3 is 0 Å². The SMILES string of the molecule is C[NH+](C)Cc1ccc(CNS(=O)(=O)c2ccc(Cl)cc2F)cc1. The van der Waals surface area contributed by atoms with E-state index in [1.807, 2.05) is 24.3 Å². The van der Waals surface area contributed by atoms with Gasteiger partial charge in [0.2, 0.25) is 10.0 Å². The summed E-state index contributed by atoms with van der Waals surface area (Å²) in [6.07, 6.45) is 0. The molecule has 0 aliphatic heterocycles. The van der Waals surface area contributed by atoms with Crippen LogP contribution in [-0.4, -0.2) is 22.5 Å². The minimum Gasteiger partial charge on any atom is -0.336 e. The number of hydrogen-bond acceptors (Lipinski definition) is 2. The van der Waals surface area contributed by atoms with Crippen molar-refractivity contribution in [3.8, 4) is 0 Å². The number of quaternary nitrogens is 1. The molecule has 4 nitrogen and oxygen atoms in total. The lowest BCUT2D eigenvalue weighted by Crippen LogP contribution is -3.04. The van der Waals surface area contributed by atoms with Crippen LogP contribution < -0.4 is 9.62 Å². The Morgan fingerprint density at radius 3 is 2.26 bits per heavy atom. The fourth-order valence-electron chi connectivity index (χ4n) is 2.13. The standard InChI is InChI=1S/C16H18ClFN2O2S/c1-20(2)11-13-5-3-12(4-6-13)10-19-23(21,22)16-8-7-14(17)9-15(16)18/h3-9,19H,10-11H2,1-2H3/p+1. The van der Waals surface area contributed by atoms with Crippen LogP contribution in [-0.2, 0) is 23.1 Å². The summed E-state index contributed by atoms with van der Waals surface area (Å²) in [7, 11) is 0.194. The molecule has 124 valence electrons. The normalized spacial score (nSPS) is 11.9. The van der Waals surface area contributed by atoms with Gasteiger partial charge in [-0.15, -0.1) is 0 Å². The predicted octanol–water partition coefficient (Wildman–Crippen LogP) is 1.60. The fraction of sp³-hybridized carbons (Fsp3) is 0.250. The topological polar surface area (TPSA) is 50.6 Å². The first kappa shape index (κ1) is 17.9. The van der Waals surface area contributed by atoms with Crippen LogP contribution in [0.3, 0.4) is 0 Å². The highest BCUT2D eigenvalue weighted by molar-refractivity contribution is 7.89. The Morgan fingerprint density at radius 2 is 1.70 bits per heavy atom. The number of hydrogen-bond donors (Lipinski definition) is 2. The summed E-state index contributed by atoms with van der Waals surface area (Å²) in [5, 5.41) is 0.153. The first-order chi connectivity index (χ1) is 10.8. The summed E-state index contributed by atoms with van der Waals surface area (Å²) in [5.74, 6) is -0.866. The van der Waals surface area contributed by atoms with Gasteiger partial charge in [0.15, 0.2) is 0 Å². The molecule has 23 heavy (non-hydrogen) atoms. The predicted molar refractivity (Wildman–Crippen MR) is 88.4 cm³/mol. The van der Waals surface area contributed by atoms with Crippen LogP contribution in [0.5, 0.6) is 0 Å². The molecule has 0 fully saturated rings. The highest BCUT2D eigenvalue weighted by Crippen LogP contribution is 2.19. The highest BCUT2D eigenvalue weighted by atomic mass is 35.5. The third-order valence-corrected chi connectivity index (χ3v) is 4.90. The van der Waals surface area contributed by atoms with E-state index in [4.69, 9.17) is 11.6 Å². The monoisotopic (exact) mass is 357 g/mol. The lowest BCUT2D eigenvalue weighted by molar-refractivity contribution is -0.872. The van der Waals surface area contributed by atoms with Crippen molar-refractivity contribution >= 4 is 21.6 Å². The summed E-state index contributed by atoms with van der Waals surface area (Å²) in [6, 6.07) is 11.1. The van der Waals surface area contributed by atoms with Gasteiger partial charge in [-0.05, 0) is 23.8 Å². The van der Waals surface area contributed by atoms with E-state index in [0.717, 1.165) is 24.2 Å². The molecule has 2 rings (SSSR count). The number of nitrogens with one attached hydrogen (secondary N) is 2. The molecule has 0 spiro atoms. The zero-order valence-corrected chi connectivity index (χ0v) is 14.5. The van der Waals surface area contributed by atoms with Crippen molar-refractivity contribution in [3.05, 3.63) is 64.4 Å². The number of halogens is 2. The molecule has 0 unspecified atom stereocenters. The van der Waals surface area contributed by atoms with Gasteiger partial charge in [-0.25, -0.2) is 17.5 Å². The minimum atomic E-state index is -3.92. The van der Waals surface area contributed by atoms with Crippen LogP contribution in [0.25, 0.3) is 0 Å². The summed E-state index contributed by atoms with van der Waals surface area (Å²) in [5.41, 5.74) is 1.97. The van der Waals surface area contributed by atoms with E-state index in [2.05, 4.69) is 18.8 Å². The van der Waals surface area contributed by atoms with Gasteiger partial charge in [0.25, 0.3) is 0 Å². The second kappa shape index (κ2) is 7.40. The molecular weight excluding hydrogens is 339 g/mol. The molecule has 0 radical (unpaired) electrons. The third kappa shape index (κ3) is 5.00. The molecule has 0 amide bonds. The van der Waals surface area contributed by atoms with E-state index in [1.54, 1.807) is 0 Å². The van der Waals surface area contributed by atoms with Crippen LogP contribution in [0.4, 0.5) is 4.39 Å². The molecule has 2 N–H and O–H groups in total. The zero-order chi connectivity index (χ0) is 17.0. The quantitative estimate of drug-likeness (QED) is 0.825. The van der Waals surface area contributed by atoms with Crippen molar-refractivity contribution in [2.24, 2.45) is 0 Å². The van der Waals surface area contributed by atoms with E-state index in [0.29, 0.717) is 0 Å². The van der Waals surface area contributed by atoms with E-state index in [-0.39, 0.29) is 11.6 Å². The van der Waals surface area contributed by atoms with Gasteiger partial charge in [-0.3, -0.25) is 0 Å². The molecule has 0 aliphatic rings. The zero-order valence-electron chi connectivity index (χ0n) is 12.9. The van der Waals surface area contributed by atoms with Crippen LogP contribution in [0.2, 0.25) is 5.02 Å². The molecule has 0 saturated carbocycles. The maximum Gasteiger partial charge on any atom is 0.243 e. The largest absolute Gasteiger partial charge is 0.336 e. The Labute approximate surface area is 140 Å². The molecule has 0 bridgehead atoms. The van der Waals surface area contributed by atoms with Gasteiger partial charge in [0.1, 0.15) is 17.3 Å². The van der Waals surface area contributed by atoms with Crippen LogP contribution in [0, 0.1) is 5.82 Å². The maximum atomic E-state index is 13.7. The van der Waals surface area contributed by atoms with Gasteiger partial charge in [0.05, 0.1) is 14.1 Å². The molecule has 0 aromatic heterocycles. The Morgan fingerprint density at radius 1 is 1.09 bits per heavy atom. The summed E-state index contributed by atoms with van der Waals surface area (Å²) in [4.78, 5) is 0.895. The molecule has 0 atom stereocenters. The Balaban J connectivity index is 2.07. The average molecular weight is 358 g/mol. The molecule has 7 heteroatoms. The van der Waals surface area contributed by atoms with E-state index in [1.165, 1.54) is 16.5 Å². The molecule has 0 heterocycles. The van der Waals surface area contributed by atoms with Crippen LogP contribution in [0.1, 0.15) is 11.1 Å². The molecule has 0 saturated heterocycles. The summed E-state index contributed by atoms with van der Waals surface area (Å²) >= 11 is 5.63. The molecule has 0 aliphatic carbocycles. The van der Waals surface area contributed by atoms with E-state index < -0.39 is 20.7 Å². The summed E-state index contributed by atoms with van der Waals surface area (Å²) < 4.78 is 40.4. The van der Waals surface area contributed by atoms with Crippen LogP contribution >= 0.6 is 11.6 Å². The second-order valence-electron chi connectivity index (χ2n) is 5.60. The smallest absolute Gasteiger partial charge is 0.243 e. The molecular formula is C16H19ClFN2O2S+. The summed E-state index contributed by atoms with van der Waals surface area (Å²) in [6.45, 7) is 0.988. The lowest BCUT2D eigenvalue weighted by atomic mass is 10.1. The van der Waals surface area contributed by atoms with Crippen molar-refractivity contribution in [2.45, 2.75) is 18.0 Å². The Bertz CT molecular complexity index is 777. The average Bonchev–Trinajstić information content (AvgIpc) is 2.45. The van der Waals surface area contributed by atoms with Crippen LogP contribution in [0.15, 0.2) is 47.4 Å². The Hall–Kier alpha value is -1.47. The van der Waals surface area contributed by atoms with Crippen molar-refractivity contribution in [1.82, 2.24) is 4.72 Å². The van der Waals surface area contributed by atoms with Crippen molar-refractivity contribution in [1.29, 1.82) is 0 Å². The first-order valence-electron chi connectivity index (χ1n) is 7.09.